The summed E-state index contributed by atoms with van der Waals surface area (Å²) in [5.74, 6) is 0.192. The van der Waals surface area contributed by atoms with E-state index in [9.17, 15) is 9.59 Å². The van der Waals surface area contributed by atoms with E-state index in [0.29, 0.717) is 17.0 Å². The predicted molar refractivity (Wildman–Crippen MR) is 118 cm³/mol. The van der Waals surface area contributed by atoms with Gasteiger partial charge >= 0.3 is 0 Å². The van der Waals surface area contributed by atoms with E-state index in [-0.39, 0.29) is 17.6 Å². The van der Waals surface area contributed by atoms with Crippen LogP contribution in [0, 0.1) is 6.92 Å². The molecule has 7 nitrogen and oxygen atoms in total. The normalized spacial score (nSPS) is 11.6. The van der Waals surface area contributed by atoms with E-state index in [0.717, 1.165) is 5.69 Å². The number of para-hydroxylation sites is 1. The minimum atomic E-state index is -0.414. The molecular weight excluding hydrogens is 380 g/mol. The van der Waals surface area contributed by atoms with Gasteiger partial charge in [-0.25, -0.2) is 10.1 Å². The van der Waals surface area contributed by atoms with Crippen LogP contribution in [0.1, 0.15) is 37.6 Å². The second-order valence-electron chi connectivity index (χ2n) is 7.98. The number of nitrogens with zero attached hydrogens (tertiary/aromatic N) is 2. The van der Waals surface area contributed by atoms with Crippen LogP contribution in [0.5, 0.6) is 5.75 Å². The number of carbonyl (C=O) groups is 1. The molecule has 0 atom stereocenters. The van der Waals surface area contributed by atoms with E-state index < -0.39 is 5.91 Å². The molecule has 7 heteroatoms. The Kier molecular flexibility index (Phi) is 6.20. The molecule has 0 saturated heterocycles. The largest absolute Gasteiger partial charge is 0.484 e. The highest BCUT2D eigenvalue weighted by Gasteiger charge is 2.13. The molecule has 0 spiro atoms. The quantitative estimate of drug-likeness (QED) is 0.486. The monoisotopic (exact) mass is 406 g/mol. The first kappa shape index (κ1) is 21.1. The molecule has 0 aliphatic carbocycles. The smallest absolute Gasteiger partial charge is 0.280 e. The van der Waals surface area contributed by atoms with E-state index in [4.69, 9.17) is 4.74 Å². The predicted octanol–water partition coefficient (Wildman–Crippen LogP) is 3.30. The van der Waals surface area contributed by atoms with Gasteiger partial charge < -0.3 is 4.74 Å². The fourth-order valence-corrected chi connectivity index (χ4v) is 2.87. The van der Waals surface area contributed by atoms with Crippen LogP contribution in [0.15, 0.2) is 64.5 Å². The maximum atomic E-state index is 12.6. The molecular formula is C23H26N4O3. The zero-order valence-corrected chi connectivity index (χ0v) is 17.6. The Labute approximate surface area is 175 Å². The van der Waals surface area contributed by atoms with Gasteiger partial charge in [0.2, 0.25) is 0 Å². The van der Waals surface area contributed by atoms with E-state index in [1.54, 1.807) is 6.92 Å². The highest BCUT2D eigenvalue weighted by molar-refractivity contribution is 5.83. The van der Waals surface area contributed by atoms with Gasteiger partial charge in [-0.3, -0.25) is 14.7 Å². The Morgan fingerprint density at radius 3 is 2.43 bits per heavy atom. The molecule has 0 unspecified atom stereocenters. The number of benzene rings is 2. The van der Waals surface area contributed by atoms with Crippen molar-refractivity contribution in [3.8, 4) is 11.4 Å². The Hall–Kier alpha value is -3.61. The molecule has 2 N–H and O–H groups in total. The summed E-state index contributed by atoms with van der Waals surface area (Å²) in [5.41, 5.74) is 5.13. The lowest BCUT2D eigenvalue weighted by Crippen LogP contribution is -2.25. The number of H-pyrrole nitrogens is 1. The maximum absolute atomic E-state index is 12.6. The van der Waals surface area contributed by atoms with Crippen molar-refractivity contribution in [3.05, 3.63) is 81.8 Å². The molecule has 0 aliphatic heterocycles. The van der Waals surface area contributed by atoms with Crippen LogP contribution >= 0.6 is 0 Å². The van der Waals surface area contributed by atoms with Crippen LogP contribution in [0.3, 0.4) is 0 Å². The fraction of sp³-hybridized carbons (Fsp3) is 0.261. The number of aryl methyl sites for hydroxylation is 1. The first-order chi connectivity index (χ1) is 14.3. The second-order valence-corrected chi connectivity index (χ2v) is 7.98. The van der Waals surface area contributed by atoms with Gasteiger partial charge in [-0.15, -0.1) is 0 Å². The van der Waals surface area contributed by atoms with Gasteiger partial charge in [0.15, 0.2) is 6.61 Å². The summed E-state index contributed by atoms with van der Waals surface area (Å²) in [5, 5.41) is 6.90. The lowest BCUT2D eigenvalue weighted by molar-refractivity contribution is -0.123. The number of aromatic amines is 1. The summed E-state index contributed by atoms with van der Waals surface area (Å²) in [6.45, 7) is 8.00. The van der Waals surface area contributed by atoms with E-state index in [2.05, 4.69) is 36.4 Å². The molecule has 0 fully saturated rings. The van der Waals surface area contributed by atoms with E-state index >= 15 is 0 Å². The van der Waals surface area contributed by atoms with Gasteiger partial charge in [-0.1, -0.05) is 51.1 Å². The van der Waals surface area contributed by atoms with Gasteiger partial charge in [-0.2, -0.15) is 5.10 Å². The van der Waals surface area contributed by atoms with Crippen molar-refractivity contribution >= 4 is 12.1 Å². The molecule has 3 rings (SSSR count). The van der Waals surface area contributed by atoms with Crippen LogP contribution < -0.4 is 15.7 Å². The number of aromatic nitrogens is 2. The summed E-state index contributed by atoms with van der Waals surface area (Å²) in [7, 11) is 0. The molecule has 0 bridgehead atoms. The van der Waals surface area contributed by atoms with Crippen LogP contribution in [0.4, 0.5) is 0 Å². The summed E-state index contributed by atoms with van der Waals surface area (Å²) in [6, 6.07) is 16.9. The number of ether oxygens (including phenoxy) is 1. The molecule has 2 aromatic carbocycles. The fourth-order valence-electron chi connectivity index (χ4n) is 2.87. The summed E-state index contributed by atoms with van der Waals surface area (Å²) in [4.78, 5) is 24.6. The van der Waals surface area contributed by atoms with Crippen molar-refractivity contribution in [2.24, 2.45) is 5.10 Å². The van der Waals surface area contributed by atoms with Crippen LogP contribution in [-0.2, 0) is 10.2 Å². The number of hydrogen-bond acceptors (Lipinski definition) is 4. The third-order valence-corrected chi connectivity index (χ3v) is 4.60. The lowest BCUT2D eigenvalue weighted by atomic mass is 9.87. The average molecular weight is 406 g/mol. The van der Waals surface area contributed by atoms with Crippen molar-refractivity contribution in [1.29, 1.82) is 0 Å². The summed E-state index contributed by atoms with van der Waals surface area (Å²) < 4.78 is 6.92. The molecule has 3 aromatic rings. The molecule has 1 heterocycles. The molecule has 0 saturated carbocycles. The highest BCUT2D eigenvalue weighted by atomic mass is 16.5. The summed E-state index contributed by atoms with van der Waals surface area (Å²) >= 11 is 0. The highest BCUT2D eigenvalue weighted by Crippen LogP contribution is 2.24. The molecule has 0 radical (unpaired) electrons. The number of rotatable bonds is 6. The molecule has 30 heavy (non-hydrogen) atoms. The van der Waals surface area contributed by atoms with Gasteiger partial charge in [0.1, 0.15) is 5.75 Å². The number of amides is 1. The number of nitrogens with one attached hydrogen (secondary N) is 2. The third-order valence-electron chi connectivity index (χ3n) is 4.60. The zero-order valence-electron chi connectivity index (χ0n) is 17.6. The van der Waals surface area contributed by atoms with Gasteiger partial charge in [0.25, 0.3) is 11.5 Å². The van der Waals surface area contributed by atoms with Gasteiger partial charge in [-0.05, 0) is 42.2 Å². The molecule has 1 amide bonds. The number of carbonyl (C=O) groups excluding carboxylic acids is 1. The van der Waals surface area contributed by atoms with E-state index in [1.165, 1.54) is 16.5 Å². The van der Waals surface area contributed by atoms with Crippen LogP contribution in [0.25, 0.3) is 5.69 Å². The molecule has 0 aliphatic rings. The molecule has 1 aromatic heterocycles. The average Bonchev–Trinajstić information content (AvgIpc) is 3.01. The van der Waals surface area contributed by atoms with Crippen LogP contribution in [-0.4, -0.2) is 28.5 Å². The SMILES string of the molecule is Cc1[nH]n(-c2ccccc2)c(=O)c1/C=N/NC(=O)COc1ccc(C(C)(C)C)cc1. The van der Waals surface area contributed by atoms with Crippen molar-refractivity contribution < 1.29 is 9.53 Å². The third kappa shape index (κ3) is 5.05. The second kappa shape index (κ2) is 8.82. The van der Waals surface area contributed by atoms with Crippen molar-refractivity contribution in [2.75, 3.05) is 6.61 Å². The first-order valence-corrected chi connectivity index (χ1v) is 9.68. The topological polar surface area (TPSA) is 88.5 Å². The standard InChI is InChI=1S/C23H26N4O3/c1-16-20(22(29)27(26-16)18-8-6-5-7-9-18)14-24-25-21(28)15-30-19-12-10-17(11-13-19)23(2,3)4/h5-14,26H,15H2,1-4H3,(H,25,28)/b24-14+. The minimum Gasteiger partial charge on any atom is -0.484 e. The van der Waals surface area contributed by atoms with E-state index in [1.807, 2.05) is 54.6 Å². The molecule has 156 valence electrons. The van der Waals surface area contributed by atoms with Crippen LogP contribution in [0.2, 0.25) is 0 Å². The van der Waals surface area contributed by atoms with Gasteiger partial charge in [0.05, 0.1) is 17.5 Å². The summed E-state index contributed by atoms with van der Waals surface area (Å²) in [6.07, 6.45) is 1.34. The lowest BCUT2D eigenvalue weighted by Gasteiger charge is -2.19. The number of hydrazone groups is 1. The minimum absolute atomic E-state index is 0.0556. The Morgan fingerprint density at radius 2 is 1.80 bits per heavy atom. The van der Waals surface area contributed by atoms with Gasteiger partial charge in [0, 0.05) is 5.69 Å². The number of hydrogen-bond donors (Lipinski definition) is 2. The first-order valence-electron chi connectivity index (χ1n) is 9.68. The Bertz CT molecular complexity index is 1090. The Morgan fingerprint density at radius 1 is 1.13 bits per heavy atom. The van der Waals surface area contributed by atoms with Crippen molar-refractivity contribution in [3.63, 3.8) is 0 Å². The van der Waals surface area contributed by atoms with Crippen molar-refractivity contribution in [1.82, 2.24) is 15.2 Å². The van der Waals surface area contributed by atoms with Crippen molar-refractivity contribution in [2.45, 2.75) is 33.1 Å². The zero-order chi connectivity index (χ0) is 21.7. The maximum Gasteiger partial charge on any atom is 0.280 e. The Balaban J connectivity index is 1.57.